The van der Waals surface area contributed by atoms with Crippen LogP contribution in [-0.4, -0.2) is 50.4 Å². The lowest BCUT2D eigenvalue weighted by Crippen LogP contribution is -2.44. The predicted molar refractivity (Wildman–Crippen MR) is 124 cm³/mol. The highest BCUT2D eigenvalue weighted by molar-refractivity contribution is 6.01. The molecular weight excluding hydrogens is 402 g/mol. The molecule has 7 heteroatoms. The number of aromatic amines is 2. The Kier molecular flexibility index (Phi) is 4.59. The van der Waals surface area contributed by atoms with Crippen LogP contribution < -0.4 is 0 Å². The number of para-hydroxylation sites is 1. The number of ether oxygens (including phenoxy) is 1. The smallest absolute Gasteiger partial charge is 0.227 e. The van der Waals surface area contributed by atoms with Gasteiger partial charge in [0, 0.05) is 46.7 Å². The van der Waals surface area contributed by atoms with Crippen LogP contribution in [0.3, 0.4) is 0 Å². The molecule has 2 N–H and O–H groups in total. The van der Waals surface area contributed by atoms with Gasteiger partial charge in [0.15, 0.2) is 0 Å². The lowest BCUT2D eigenvalue weighted by molar-refractivity contribution is -0.0718. The van der Waals surface area contributed by atoms with E-state index >= 15 is 0 Å². The number of nitrogens with zero attached hydrogens (tertiary/aromatic N) is 3. The van der Waals surface area contributed by atoms with Crippen LogP contribution in [0.5, 0.6) is 0 Å². The number of hydrogen-bond acceptors (Lipinski definition) is 5. The fourth-order valence-electron chi connectivity index (χ4n) is 4.83. The molecule has 1 fully saturated rings. The molecule has 7 nitrogen and oxygen atoms in total. The molecule has 2 aromatic carbocycles. The van der Waals surface area contributed by atoms with Crippen LogP contribution in [0.4, 0.5) is 0 Å². The average molecular weight is 428 g/mol. The van der Waals surface area contributed by atoms with Gasteiger partial charge >= 0.3 is 0 Å². The molecule has 1 saturated heterocycles. The van der Waals surface area contributed by atoms with Crippen molar-refractivity contribution in [3.8, 4) is 22.6 Å². The summed E-state index contributed by atoms with van der Waals surface area (Å²) >= 11 is 0. The highest BCUT2D eigenvalue weighted by Gasteiger charge is 2.23. The Balaban J connectivity index is 1.38. The quantitative estimate of drug-likeness (QED) is 0.423. The zero-order valence-electron chi connectivity index (χ0n) is 18.1. The Morgan fingerprint density at radius 2 is 1.84 bits per heavy atom. The van der Waals surface area contributed by atoms with E-state index in [2.05, 4.69) is 69.2 Å². The minimum absolute atomic E-state index is 0.222. The van der Waals surface area contributed by atoms with Gasteiger partial charge in [-0.1, -0.05) is 18.2 Å². The molecule has 0 spiro atoms. The van der Waals surface area contributed by atoms with Crippen molar-refractivity contribution >= 4 is 21.8 Å². The molecule has 0 saturated carbocycles. The van der Waals surface area contributed by atoms with E-state index in [1.807, 2.05) is 24.7 Å². The molecule has 5 aromatic rings. The summed E-state index contributed by atoms with van der Waals surface area (Å²) in [4.78, 5) is 10.4. The summed E-state index contributed by atoms with van der Waals surface area (Å²) in [6.45, 7) is 6.73. The zero-order valence-corrected chi connectivity index (χ0v) is 18.1. The van der Waals surface area contributed by atoms with Crippen LogP contribution >= 0.6 is 0 Å². The number of oxazole rings is 1. The van der Waals surface area contributed by atoms with Crippen LogP contribution in [0, 0.1) is 0 Å². The summed E-state index contributed by atoms with van der Waals surface area (Å²) in [5, 5.41) is 9.55. The Labute approximate surface area is 185 Å². The van der Waals surface area contributed by atoms with E-state index in [1.165, 1.54) is 5.39 Å². The molecule has 1 aliphatic rings. The van der Waals surface area contributed by atoms with Crippen molar-refractivity contribution in [3.05, 3.63) is 60.7 Å². The van der Waals surface area contributed by atoms with Gasteiger partial charge in [0.1, 0.15) is 5.76 Å². The maximum absolute atomic E-state index is 6.24. The van der Waals surface area contributed by atoms with Gasteiger partial charge in [-0.3, -0.25) is 10.00 Å². The highest BCUT2D eigenvalue weighted by Crippen LogP contribution is 2.36. The lowest BCUT2D eigenvalue weighted by Gasteiger charge is -2.34. The number of aromatic nitrogens is 4. The van der Waals surface area contributed by atoms with Crippen molar-refractivity contribution in [3.63, 3.8) is 0 Å². The molecule has 4 heterocycles. The van der Waals surface area contributed by atoms with Crippen LogP contribution in [-0.2, 0) is 11.3 Å². The predicted octanol–water partition coefficient (Wildman–Crippen LogP) is 4.98. The third kappa shape index (κ3) is 3.39. The molecule has 1 aliphatic heterocycles. The molecular formula is C25H25N5O2. The summed E-state index contributed by atoms with van der Waals surface area (Å²) in [5.74, 6) is 1.47. The number of nitrogens with one attached hydrogen (secondary N) is 2. The highest BCUT2D eigenvalue weighted by atomic mass is 16.5. The van der Waals surface area contributed by atoms with E-state index in [0.717, 1.165) is 58.5 Å². The first-order chi connectivity index (χ1) is 15.6. The normalized spacial score (nSPS) is 19.8. The Hall–Kier alpha value is -3.42. The number of morpholine rings is 1. The second-order valence-corrected chi connectivity index (χ2v) is 8.69. The van der Waals surface area contributed by atoms with Crippen molar-refractivity contribution in [1.82, 2.24) is 25.1 Å². The van der Waals surface area contributed by atoms with Crippen molar-refractivity contribution < 1.29 is 9.15 Å². The number of H-pyrrole nitrogens is 2. The van der Waals surface area contributed by atoms with E-state index in [9.17, 15) is 0 Å². The minimum Gasteiger partial charge on any atom is -0.440 e. The van der Waals surface area contributed by atoms with Gasteiger partial charge in [0.2, 0.25) is 5.89 Å². The topological polar surface area (TPSA) is 83.0 Å². The van der Waals surface area contributed by atoms with Crippen LogP contribution in [0.2, 0.25) is 0 Å². The van der Waals surface area contributed by atoms with E-state index in [1.54, 1.807) is 0 Å². The lowest BCUT2D eigenvalue weighted by atomic mass is 10.00. The Morgan fingerprint density at radius 1 is 1.00 bits per heavy atom. The maximum atomic E-state index is 6.24. The molecule has 0 amide bonds. The average Bonchev–Trinajstić information content (AvgIpc) is 3.51. The van der Waals surface area contributed by atoms with Crippen molar-refractivity contribution in [2.75, 3.05) is 13.1 Å². The second-order valence-electron chi connectivity index (χ2n) is 8.69. The first kappa shape index (κ1) is 19.3. The van der Waals surface area contributed by atoms with Gasteiger partial charge in [-0.15, -0.1) is 0 Å². The van der Waals surface area contributed by atoms with Gasteiger partial charge in [0.05, 0.1) is 36.7 Å². The Morgan fingerprint density at radius 3 is 2.72 bits per heavy atom. The monoisotopic (exact) mass is 427 g/mol. The van der Waals surface area contributed by atoms with E-state index < -0.39 is 0 Å². The number of hydrogen-bond donors (Lipinski definition) is 2. The van der Waals surface area contributed by atoms with Crippen LogP contribution in [0.25, 0.3) is 44.4 Å². The number of benzene rings is 2. The van der Waals surface area contributed by atoms with E-state index in [0.29, 0.717) is 5.89 Å². The summed E-state index contributed by atoms with van der Waals surface area (Å²) in [6.07, 6.45) is 6.16. The molecule has 2 unspecified atom stereocenters. The minimum atomic E-state index is 0.222. The van der Waals surface area contributed by atoms with Gasteiger partial charge in [-0.25, -0.2) is 4.98 Å². The maximum Gasteiger partial charge on any atom is 0.227 e. The molecule has 2 atom stereocenters. The van der Waals surface area contributed by atoms with Gasteiger partial charge in [0.25, 0.3) is 0 Å². The second kappa shape index (κ2) is 7.62. The first-order valence-corrected chi connectivity index (χ1v) is 11.0. The van der Waals surface area contributed by atoms with Gasteiger partial charge in [-0.05, 0) is 37.6 Å². The van der Waals surface area contributed by atoms with Gasteiger partial charge in [-0.2, -0.15) is 5.10 Å². The fourth-order valence-corrected chi connectivity index (χ4v) is 4.83. The third-order valence-corrected chi connectivity index (χ3v) is 6.12. The van der Waals surface area contributed by atoms with Crippen molar-refractivity contribution in [2.45, 2.75) is 32.6 Å². The van der Waals surface area contributed by atoms with E-state index in [-0.39, 0.29) is 12.2 Å². The fraction of sp³-hybridized carbons (Fsp3) is 0.280. The Bertz CT molecular complexity index is 1390. The number of rotatable bonds is 4. The zero-order chi connectivity index (χ0) is 21.7. The summed E-state index contributed by atoms with van der Waals surface area (Å²) in [5.41, 5.74) is 5.23. The largest absolute Gasteiger partial charge is 0.440 e. The number of fused-ring (bicyclic) bond motifs is 2. The molecule has 6 rings (SSSR count). The van der Waals surface area contributed by atoms with E-state index in [4.69, 9.17) is 9.15 Å². The summed E-state index contributed by atoms with van der Waals surface area (Å²) in [6, 6.07) is 12.6. The van der Waals surface area contributed by atoms with Crippen molar-refractivity contribution in [1.29, 1.82) is 0 Å². The van der Waals surface area contributed by atoms with Crippen molar-refractivity contribution in [2.24, 2.45) is 0 Å². The summed E-state index contributed by atoms with van der Waals surface area (Å²) in [7, 11) is 0. The molecule has 0 radical (unpaired) electrons. The standard InChI is InChI=1S/C25H25N5O2/c1-15-12-30(13-16(2)31-15)14-18-9-27-25(32-18)20-7-17(8-24-22(20)11-28-29-24)21-10-26-23-6-4-3-5-19(21)23/h3-11,15-16,26H,12-14H2,1-2H3,(H,28,29). The third-order valence-electron chi connectivity index (χ3n) is 6.12. The molecule has 0 aliphatic carbocycles. The van der Waals surface area contributed by atoms with Crippen LogP contribution in [0.1, 0.15) is 19.6 Å². The van der Waals surface area contributed by atoms with Crippen LogP contribution in [0.15, 0.2) is 59.4 Å². The molecule has 0 bridgehead atoms. The molecule has 3 aromatic heterocycles. The summed E-state index contributed by atoms with van der Waals surface area (Å²) < 4.78 is 12.1. The molecule has 162 valence electrons. The first-order valence-electron chi connectivity index (χ1n) is 11.0. The molecule has 32 heavy (non-hydrogen) atoms. The SMILES string of the molecule is CC1CN(Cc2cnc(-c3cc(-c4c[nH]c5ccccc45)cc4[nH]ncc34)o2)CC(C)O1. The van der Waals surface area contributed by atoms with Gasteiger partial charge < -0.3 is 14.1 Å².